The Labute approximate surface area is 125 Å². The van der Waals surface area contributed by atoms with E-state index in [0.717, 1.165) is 21.7 Å². The van der Waals surface area contributed by atoms with Gasteiger partial charge >= 0.3 is 0 Å². The SMILES string of the molecule is Nc1nc(CSc2ccccc2)nc(C2CC2)c1Br. The Balaban J connectivity index is 1.77. The summed E-state index contributed by atoms with van der Waals surface area (Å²) in [7, 11) is 0. The van der Waals surface area contributed by atoms with Crippen molar-refractivity contribution in [1.82, 2.24) is 9.97 Å². The van der Waals surface area contributed by atoms with Crippen LogP contribution in [-0.2, 0) is 5.75 Å². The molecule has 1 saturated carbocycles. The molecule has 0 atom stereocenters. The maximum absolute atomic E-state index is 5.95. The van der Waals surface area contributed by atoms with Crippen LogP contribution in [0, 0.1) is 0 Å². The molecular formula is C14H14BrN3S. The number of hydrogen-bond donors (Lipinski definition) is 1. The van der Waals surface area contributed by atoms with E-state index in [9.17, 15) is 0 Å². The van der Waals surface area contributed by atoms with Gasteiger partial charge in [-0.05, 0) is 40.9 Å². The molecule has 19 heavy (non-hydrogen) atoms. The predicted molar refractivity (Wildman–Crippen MR) is 82.1 cm³/mol. The summed E-state index contributed by atoms with van der Waals surface area (Å²) in [6.07, 6.45) is 2.42. The lowest BCUT2D eigenvalue weighted by molar-refractivity contribution is 0.926. The fourth-order valence-electron chi connectivity index (χ4n) is 1.89. The second-order valence-corrected chi connectivity index (χ2v) is 6.44. The molecule has 1 aliphatic rings. The largest absolute Gasteiger partial charge is 0.383 e. The molecule has 98 valence electrons. The number of benzene rings is 1. The molecule has 1 aromatic carbocycles. The van der Waals surface area contributed by atoms with Crippen molar-refractivity contribution >= 4 is 33.5 Å². The summed E-state index contributed by atoms with van der Waals surface area (Å²) in [5.74, 6) is 2.69. The topological polar surface area (TPSA) is 51.8 Å². The van der Waals surface area contributed by atoms with Crippen molar-refractivity contribution in [2.45, 2.75) is 29.4 Å². The molecule has 1 aromatic heterocycles. The highest BCUT2D eigenvalue weighted by atomic mass is 79.9. The van der Waals surface area contributed by atoms with E-state index in [1.54, 1.807) is 11.8 Å². The number of anilines is 1. The van der Waals surface area contributed by atoms with Crippen LogP contribution in [0.5, 0.6) is 0 Å². The van der Waals surface area contributed by atoms with Gasteiger partial charge in [0.2, 0.25) is 0 Å². The summed E-state index contributed by atoms with van der Waals surface area (Å²) in [4.78, 5) is 10.2. The van der Waals surface area contributed by atoms with Gasteiger partial charge in [0.1, 0.15) is 11.6 Å². The number of hydrogen-bond acceptors (Lipinski definition) is 4. The van der Waals surface area contributed by atoms with E-state index in [0.29, 0.717) is 11.7 Å². The first-order valence-electron chi connectivity index (χ1n) is 6.23. The van der Waals surface area contributed by atoms with Crippen LogP contribution in [0.3, 0.4) is 0 Å². The van der Waals surface area contributed by atoms with Gasteiger partial charge in [0.25, 0.3) is 0 Å². The lowest BCUT2D eigenvalue weighted by atomic mass is 10.3. The number of rotatable bonds is 4. The highest BCUT2D eigenvalue weighted by molar-refractivity contribution is 9.10. The Kier molecular flexibility index (Phi) is 3.75. The first-order chi connectivity index (χ1) is 9.24. The Morgan fingerprint density at radius 2 is 1.95 bits per heavy atom. The van der Waals surface area contributed by atoms with Crippen LogP contribution in [-0.4, -0.2) is 9.97 Å². The van der Waals surface area contributed by atoms with E-state index >= 15 is 0 Å². The van der Waals surface area contributed by atoms with E-state index < -0.39 is 0 Å². The Hall–Kier alpha value is -1.07. The molecule has 2 N–H and O–H groups in total. The zero-order valence-electron chi connectivity index (χ0n) is 10.3. The highest BCUT2D eigenvalue weighted by Crippen LogP contribution is 2.43. The molecule has 0 saturated heterocycles. The third-order valence-corrected chi connectivity index (χ3v) is 4.84. The van der Waals surface area contributed by atoms with Crippen molar-refractivity contribution in [2.24, 2.45) is 0 Å². The second kappa shape index (κ2) is 5.51. The fraction of sp³-hybridized carbons (Fsp3) is 0.286. The molecule has 0 radical (unpaired) electrons. The van der Waals surface area contributed by atoms with Gasteiger partial charge in [-0.3, -0.25) is 0 Å². The Bertz CT molecular complexity index is 585. The van der Waals surface area contributed by atoms with Crippen molar-refractivity contribution in [2.75, 3.05) is 5.73 Å². The molecule has 1 heterocycles. The molecule has 5 heteroatoms. The van der Waals surface area contributed by atoms with Crippen LogP contribution in [0.25, 0.3) is 0 Å². The first kappa shape index (κ1) is 12.9. The van der Waals surface area contributed by atoms with E-state index in [4.69, 9.17) is 5.73 Å². The van der Waals surface area contributed by atoms with Crippen molar-refractivity contribution < 1.29 is 0 Å². The monoisotopic (exact) mass is 335 g/mol. The standard InChI is InChI=1S/C14H14BrN3S/c15-12-13(9-6-7-9)17-11(18-14(12)16)8-19-10-4-2-1-3-5-10/h1-5,9H,6-8H2,(H2,16,17,18). The summed E-state index contributed by atoms with van der Waals surface area (Å²) >= 11 is 5.23. The smallest absolute Gasteiger partial charge is 0.141 e. The average Bonchev–Trinajstić information content (AvgIpc) is 3.25. The van der Waals surface area contributed by atoms with Crippen LogP contribution < -0.4 is 5.73 Å². The molecule has 0 spiro atoms. The van der Waals surface area contributed by atoms with Gasteiger partial charge in [0, 0.05) is 10.8 Å². The normalized spacial score (nSPS) is 14.6. The van der Waals surface area contributed by atoms with Crippen LogP contribution in [0.15, 0.2) is 39.7 Å². The minimum atomic E-state index is 0.556. The maximum atomic E-state index is 5.95. The minimum absolute atomic E-state index is 0.556. The van der Waals surface area contributed by atoms with Crippen LogP contribution in [0.1, 0.15) is 30.3 Å². The van der Waals surface area contributed by atoms with Crippen LogP contribution >= 0.6 is 27.7 Å². The Morgan fingerprint density at radius 3 is 2.63 bits per heavy atom. The number of nitrogen functional groups attached to an aromatic ring is 1. The fourth-order valence-corrected chi connectivity index (χ4v) is 3.16. The van der Waals surface area contributed by atoms with Gasteiger partial charge < -0.3 is 5.73 Å². The number of nitrogens with zero attached hydrogens (tertiary/aromatic N) is 2. The molecule has 3 nitrogen and oxygen atoms in total. The molecule has 1 aliphatic carbocycles. The highest BCUT2D eigenvalue weighted by Gasteiger charge is 2.28. The summed E-state index contributed by atoms with van der Waals surface area (Å²) in [6.45, 7) is 0. The van der Waals surface area contributed by atoms with E-state index in [1.165, 1.54) is 17.7 Å². The van der Waals surface area contributed by atoms with Gasteiger partial charge in [-0.2, -0.15) is 0 Å². The lowest BCUT2D eigenvalue weighted by Gasteiger charge is -2.08. The first-order valence-corrected chi connectivity index (χ1v) is 8.01. The zero-order valence-corrected chi connectivity index (χ0v) is 12.7. The summed E-state index contributed by atoms with van der Waals surface area (Å²) in [5, 5.41) is 0. The van der Waals surface area contributed by atoms with Crippen molar-refractivity contribution in [3.63, 3.8) is 0 Å². The molecule has 0 amide bonds. The Morgan fingerprint density at radius 1 is 1.21 bits per heavy atom. The summed E-state index contributed by atoms with van der Waals surface area (Å²) < 4.78 is 0.878. The van der Waals surface area contributed by atoms with Crippen molar-refractivity contribution in [3.8, 4) is 0 Å². The van der Waals surface area contributed by atoms with Gasteiger partial charge in [0.05, 0.1) is 15.9 Å². The third-order valence-electron chi connectivity index (χ3n) is 3.02. The van der Waals surface area contributed by atoms with Gasteiger partial charge in [-0.25, -0.2) is 9.97 Å². The lowest BCUT2D eigenvalue weighted by Crippen LogP contribution is -2.04. The molecule has 0 aliphatic heterocycles. The molecule has 2 aromatic rings. The molecule has 1 fully saturated rings. The van der Waals surface area contributed by atoms with Crippen molar-refractivity contribution in [3.05, 3.63) is 46.3 Å². The number of halogens is 1. The second-order valence-electron chi connectivity index (χ2n) is 4.60. The van der Waals surface area contributed by atoms with Gasteiger partial charge in [0.15, 0.2) is 0 Å². The number of nitrogens with two attached hydrogens (primary N) is 1. The van der Waals surface area contributed by atoms with E-state index in [2.05, 4.69) is 38.0 Å². The molecule has 0 unspecified atom stereocenters. The third kappa shape index (κ3) is 3.09. The average molecular weight is 336 g/mol. The molecule has 3 rings (SSSR count). The predicted octanol–water partition coefficient (Wildman–Crippen LogP) is 3.99. The number of thioether (sulfide) groups is 1. The van der Waals surface area contributed by atoms with Gasteiger partial charge in [-0.1, -0.05) is 18.2 Å². The minimum Gasteiger partial charge on any atom is -0.383 e. The van der Waals surface area contributed by atoms with Crippen LogP contribution in [0.4, 0.5) is 5.82 Å². The summed E-state index contributed by atoms with van der Waals surface area (Å²) in [5.41, 5.74) is 7.03. The van der Waals surface area contributed by atoms with Crippen molar-refractivity contribution in [1.29, 1.82) is 0 Å². The van der Waals surface area contributed by atoms with Crippen LogP contribution in [0.2, 0.25) is 0 Å². The van der Waals surface area contributed by atoms with E-state index in [1.807, 2.05) is 18.2 Å². The zero-order chi connectivity index (χ0) is 13.2. The van der Waals surface area contributed by atoms with E-state index in [-0.39, 0.29) is 0 Å². The van der Waals surface area contributed by atoms with Gasteiger partial charge in [-0.15, -0.1) is 11.8 Å². The number of aromatic nitrogens is 2. The molecule has 0 bridgehead atoms. The molecular weight excluding hydrogens is 322 g/mol. The maximum Gasteiger partial charge on any atom is 0.141 e. The summed E-state index contributed by atoms with van der Waals surface area (Å²) in [6, 6.07) is 10.3. The quantitative estimate of drug-likeness (QED) is 0.858.